The highest BCUT2D eigenvalue weighted by Gasteiger charge is 2.09. The van der Waals surface area contributed by atoms with Crippen LogP contribution >= 0.6 is 45.2 Å². The van der Waals surface area contributed by atoms with E-state index in [0.29, 0.717) is 16.8 Å². The van der Waals surface area contributed by atoms with Gasteiger partial charge in [0.05, 0.1) is 35.1 Å². The standard InChI is InChI=1S/C36H43FI2N3.2HI/c1-3-5-7-9-11-13-21-41-23-19-29(34(38)27-41)15-17-31-25-33(37)26-32(36(31)40)18-16-30-20-24-42(28-35(30)39)22-14-12-10-8-6-4-2;;/h19-20,23-28,40H,3-14,21-22H2,1-2H3;2*1H/q+1;;/p-1. The lowest BCUT2D eigenvalue weighted by atomic mass is 10.1. The summed E-state index contributed by atoms with van der Waals surface area (Å²) in [6, 6.07) is 6.83. The molecule has 0 radical (unpaired) electrons. The number of anilines is 1. The molecule has 3 aromatic rings. The summed E-state index contributed by atoms with van der Waals surface area (Å²) in [6.07, 6.45) is 23.8. The van der Waals surface area contributed by atoms with Gasteiger partial charge < -0.3 is 53.7 Å². The minimum atomic E-state index is -0.392. The van der Waals surface area contributed by atoms with Gasteiger partial charge in [-0.2, -0.15) is 0 Å². The average Bonchev–Trinajstić information content (AvgIpc) is 2.97. The van der Waals surface area contributed by atoms with Crippen LogP contribution in [0.5, 0.6) is 0 Å². The summed E-state index contributed by atoms with van der Waals surface area (Å²) in [5, 5.41) is 0. The van der Waals surface area contributed by atoms with Crippen LogP contribution in [0.3, 0.4) is 0 Å². The molecule has 0 spiro atoms. The fourth-order valence-electron chi connectivity index (χ4n) is 4.74. The second-order valence-electron chi connectivity index (χ2n) is 10.8. The highest BCUT2D eigenvalue weighted by Crippen LogP contribution is 2.20. The van der Waals surface area contributed by atoms with Crippen molar-refractivity contribution in [1.29, 1.82) is 0 Å². The van der Waals surface area contributed by atoms with Gasteiger partial charge in [0.25, 0.3) is 0 Å². The van der Waals surface area contributed by atoms with Gasteiger partial charge in [0.1, 0.15) is 18.9 Å². The molecule has 0 aliphatic carbocycles. The molecule has 238 valence electrons. The molecule has 2 N–H and O–H groups in total. The molecule has 3 nitrogen and oxygen atoms in total. The normalized spacial score (nSPS) is 10.1. The van der Waals surface area contributed by atoms with E-state index in [2.05, 4.69) is 117 Å². The maximum Gasteiger partial charge on any atom is 0.183 e. The van der Waals surface area contributed by atoms with Gasteiger partial charge in [-0.05, 0) is 70.2 Å². The van der Waals surface area contributed by atoms with Crippen LogP contribution in [0.1, 0.15) is 113 Å². The highest BCUT2D eigenvalue weighted by molar-refractivity contribution is 14.1. The van der Waals surface area contributed by atoms with E-state index in [1.165, 1.54) is 89.2 Å². The van der Waals surface area contributed by atoms with Crippen molar-refractivity contribution in [3.05, 3.63) is 84.3 Å². The molecule has 0 unspecified atom stereocenters. The van der Waals surface area contributed by atoms with Crippen molar-refractivity contribution in [2.45, 2.75) is 104 Å². The zero-order chi connectivity index (χ0) is 30.2. The predicted octanol–water partition coefficient (Wildman–Crippen LogP) is 2.72. The third-order valence-electron chi connectivity index (χ3n) is 7.29. The number of rotatable bonds is 14. The van der Waals surface area contributed by atoms with Crippen LogP contribution in [0, 0.1) is 36.6 Å². The number of hydrogen-bond acceptors (Lipinski definition) is 1. The Balaban J connectivity index is 0.00000484. The largest absolute Gasteiger partial charge is 1.00 e. The fraction of sp³-hybridized carbons (Fsp3) is 0.444. The molecule has 8 heteroatoms. The number of hydrogen-bond donors (Lipinski definition) is 1. The summed E-state index contributed by atoms with van der Waals surface area (Å²) in [5.74, 6) is 12.2. The maximum atomic E-state index is 14.6. The van der Waals surface area contributed by atoms with Crippen LogP contribution in [0.15, 0.2) is 49.1 Å². The molecular weight excluding hydrogens is 1000 g/mol. The van der Waals surface area contributed by atoms with Crippen molar-refractivity contribution in [3.63, 3.8) is 0 Å². The van der Waals surface area contributed by atoms with Crippen LogP contribution in [0.2, 0.25) is 0 Å². The molecule has 44 heavy (non-hydrogen) atoms. The number of benzene rings is 1. The van der Waals surface area contributed by atoms with Gasteiger partial charge in [0, 0.05) is 25.0 Å². The first-order valence-electron chi connectivity index (χ1n) is 15.4. The van der Waals surface area contributed by atoms with Gasteiger partial charge in [0.2, 0.25) is 0 Å². The number of aryl methyl sites for hydroxylation is 2. The van der Waals surface area contributed by atoms with Crippen molar-refractivity contribution in [3.8, 4) is 23.7 Å². The number of aromatic nitrogens is 2. The molecule has 0 amide bonds. The Bertz CT molecular complexity index is 1330. The molecule has 2 aromatic heterocycles. The smallest absolute Gasteiger partial charge is 0.183 e. The molecular formula is C36H44FI4N3. The summed E-state index contributed by atoms with van der Waals surface area (Å²) >= 11 is 4.63. The van der Waals surface area contributed by atoms with Gasteiger partial charge in [-0.3, -0.25) is 0 Å². The van der Waals surface area contributed by atoms with Crippen molar-refractivity contribution in [2.75, 3.05) is 5.73 Å². The molecule has 0 saturated carbocycles. The Kier molecular flexibility index (Phi) is 22.1. The van der Waals surface area contributed by atoms with Gasteiger partial charge in [-0.15, -0.1) is 0 Å². The minimum absolute atomic E-state index is 0. The van der Waals surface area contributed by atoms with Crippen molar-refractivity contribution >= 4 is 50.9 Å². The van der Waals surface area contributed by atoms with Crippen LogP contribution < -0.4 is 62.8 Å². The summed E-state index contributed by atoms with van der Waals surface area (Å²) in [5.41, 5.74) is 9.54. The Hall–Kier alpha value is -0.710. The third kappa shape index (κ3) is 14.8. The summed E-state index contributed by atoms with van der Waals surface area (Å²) in [6.45, 7) is 6.51. The monoisotopic (exact) mass is 1040 g/mol. The predicted molar refractivity (Wildman–Crippen MR) is 188 cm³/mol. The van der Waals surface area contributed by atoms with Gasteiger partial charge in [0.15, 0.2) is 24.8 Å². The van der Waals surface area contributed by atoms with Crippen molar-refractivity contribution in [2.24, 2.45) is 0 Å². The van der Waals surface area contributed by atoms with E-state index in [1.54, 1.807) is 0 Å². The number of unbranched alkanes of at least 4 members (excludes halogenated alkanes) is 10. The van der Waals surface area contributed by atoms with Crippen molar-refractivity contribution in [1.82, 2.24) is 0 Å². The van der Waals surface area contributed by atoms with Crippen LogP contribution in [-0.2, 0) is 13.1 Å². The van der Waals surface area contributed by atoms with Crippen LogP contribution in [0.4, 0.5) is 10.1 Å². The Morgan fingerprint density at radius 2 is 0.977 bits per heavy atom. The molecule has 0 saturated heterocycles. The van der Waals surface area contributed by atoms with E-state index in [0.717, 1.165) is 31.4 Å². The molecule has 0 bridgehead atoms. The fourth-order valence-corrected chi connectivity index (χ4v) is 6.09. The summed E-state index contributed by atoms with van der Waals surface area (Å²) < 4.78 is 21.1. The lowest BCUT2D eigenvalue weighted by Gasteiger charge is -2.03. The van der Waals surface area contributed by atoms with E-state index < -0.39 is 5.82 Å². The second kappa shape index (κ2) is 23.6. The highest BCUT2D eigenvalue weighted by atomic mass is 127. The molecule has 1 aromatic carbocycles. The molecule has 0 atom stereocenters. The van der Waals surface area contributed by atoms with Gasteiger partial charge in [-0.1, -0.05) is 88.9 Å². The summed E-state index contributed by atoms with van der Waals surface area (Å²) in [4.78, 5) is 0. The Labute approximate surface area is 326 Å². The molecule has 0 aliphatic heterocycles. The third-order valence-corrected chi connectivity index (χ3v) is 9.01. The lowest BCUT2D eigenvalue weighted by molar-refractivity contribution is -0.698. The molecule has 3 rings (SSSR count). The van der Waals surface area contributed by atoms with E-state index >= 15 is 0 Å². The minimum Gasteiger partial charge on any atom is -1.00 e. The first kappa shape index (κ1) is 41.3. The van der Waals surface area contributed by atoms with Crippen LogP contribution in [-0.4, -0.2) is 0 Å². The van der Waals surface area contributed by atoms with Gasteiger partial charge >= 0.3 is 0 Å². The number of pyridine rings is 2. The van der Waals surface area contributed by atoms with Crippen LogP contribution in [0.25, 0.3) is 0 Å². The van der Waals surface area contributed by atoms with E-state index in [4.69, 9.17) is 5.73 Å². The number of nitrogen functional groups attached to an aromatic ring is 1. The lowest BCUT2D eigenvalue weighted by Crippen LogP contribution is -3.00. The second-order valence-corrected chi connectivity index (χ2v) is 13.2. The molecule has 0 fully saturated rings. The van der Waals surface area contributed by atoms with Gasteiger partial charge in [-0.25, -0.2) is 13.5 Å². The quantitative estimate of drug-likeness (QED) is 0.0873. The number of nitrogens with zero attached hydrogens (tertiary/aromatic N) is 2. The number of halogens is 5. The summed E-state index contributed by atoms with van der Waals surface area (Å²) in [7, 11) is 0. The van der Waals surface area contributed by atoms with Crippen molar-refractivity contribution < 1.29 is 61.5 Å². The average molecular weight is 1050 g/mol. The molecule has 2 heterocycles. The first-order chi connectivity index (χ1) is 20.4. The SMILES string of the molecule is CCCCCCCC[n+]1ccc(C#Cc2cc(F)cc(C#Cc3cc[n+](CCCCCCCC)cc3I)c2N)c(I)c1.[I-].[I-]. The zero-order valence-corrected chi connectivity index (χ0v) is 34.5. The first-order valence-corrected chi connectivity index (χ1v) is 17.6. The Morgan fingerprint density at radius 1 is 0.614 bits per heavy atom. The maximum absolute atomic E-state index is 14.6. The van der Waals surface area contributed by atoms with E-state index in [9.17, 15) is 4.39 Å². The topological polar surface area (TPSA) is 33.8 Å². The Morgan fingerprint density at radius 3 is 1.36 bits per heavy atom. The molecule has 0 aliphatic rings. The number of nitrogens with two attached hydrogens (primary N) is 1. The zero-order valence-electron chi connectivity index (χ0n) is 25.9. The van der Waals surface area contributed by atoms with E-state index in [-0.39, 0.29) is 48.0 Å². The van der Waals surface area contributed by atoms with E-state index in [1.807, 2.05) is 12.1 Å².